The fraction of sp³-hybridized carbons (Fsp3) is 0.588. The number of para-hydroxylation sites is 1. The van der Waals surface area contributed by atoms with Crippen molar-refractivity contribution in [2.75, 3.05) is 13.2 Å². The van der Waals surface area contributed by atoms with Crippen LogP contribution in [0.15, 0.2) is 24.3 Å². The van der Waals surface area contributed by atoms with E-state index in [0.29, 0.717) is 12.8 Å². The summed E-state index contributed by atoms with van der Waals surface area (Å²) in [5, 5.41) is 11.5. The highest BCUT2D eigenvalue weighted by Gasteiger charge is 2.44. The van der Waals surface area contributed by atoms with Gasteiger partial charge in [-0.2, -0.15) is 8.78 Å². The minimum Gasteiger partial charge on any atom is -0.493 e. The molecule has 0 saturated heterocycles. The predicted octanol–water partition coefficient (Wildman–Crippen LogP) is 2.84. The second-order valence-electron chi connectivity index (χ2n) is 5.88. The van der Waals surface area contributed by atoms with Crippen LogP contribution >= 0.6 is 0 Å². The zero-order valence-corrected chi connectivity index (χ0v) is 13.2. The van der Waals surface area contributed by atoms with Gasteiger partial charge in [0.25, 0.3) is 5.91 Å². The molecule has 1 aliphatic rings. The van der Waals surface area contributed by atoms with Gasteiger partial charge in [0.2, 0.25) is 0 Å². The molecular formula is C17H23F2NO3. The maximum atomic E-state index is 14.5. The van der Waals surface area contributed by atoms with Crippen molar-refractivity contribution in [1.82, 2.24) is 5.32 Å². The molecule has 1 saturated carbocycles. The molecule has 4 nitrogen and oxygen atoms in total. The molecule has 0 spiro atoms. The Morgan fingerprint density at radius 2 is 1.96 bits per heavy atom. The third-order valence-electron chi connectivity index (χ3n) is 4.25. The van der Waals surface area contributed by atoms with Gasteiger partial charge in [-0.3, -0.25) is 4.79 Å². The Bertz CT molecular complexity index is 528. The molecule has 2 N–H and O–H groups in total. The Morgan fingerprint density at radius 3 is 2.57 bits per heavy atom. The van der Waals surface area contributed by atoms with E-state index in [9.17, 15) is 13.6 Å². The third-order valence-corrected chi connectivity index (χ3v) is 4.25. The highest BCUT2D eigenvalue weighted by atomic mass is 19.3. The number of carbonyl (C=O) groups excluding carboxylic acids is 1. The fourth-order valence-corrected chi connectivity index (χ4v) is 2.90. The summed E-state index contributed by atoms with van der Waals surface area (Å²) in [5.41, 5.74) is -0.414. The number of rotatable bonds is 6. The Labute approximate surface area is 134 Å². The number of halogens is 2. The van der Waals surface area contributed by atoms with E-state index in [2.05, 4.69) is 5.32 Å². The number of aliphatic hydroxyl groups is 1. The van der Waals surface area contributed by atoms with Crippen molar-refractivity contribution in [1.29, 1.82) is 0 Å². The molecule has 1 aliphatic carbocycles. The molecule has 128 valence electrons. The standard InChI is InChI=1S/C17H23F2NO3/c1-2-23-15-6-4-3-5-14(15)17(18,19)16(22)20-13-9-7-12(11-21)8-10-13/h3-6,12-13,21H,2,7-11H2,1H3,(H,20,22). The van der Waals surface area contributed by atoms with Gasteiger partial charge in [0.15, 0.2) is 0 Å². The number of amides is 1. The molecule has 0 unspecified atom stereocenters. The van der Waals surface area contributed by atoms with E-state index >= 15 is 0 Å². The second kappa shape index (κ2) is 7.73. The lowest BCUT2D eigenvalue weighted by Gasteiger charge is -2.29. The monoisotopic (exact) mass is 327 g/mol. The third kappa shape index (κ3) is 4.19. The van der Waals surface area contributed by atoms with E-state index in [1.54, 1.807) is 13.0 Å². The van der Waals surface area contributed by atoms with Crippen molar-refractivity contribution in [3.63, 3.8) is 0 Å². The van der Waals surface area contributed by atoms with E-state index in [1.165, 1.54) is 18.2 Å². The summed E-state index contributed by atoms with van der Waals surface area (Å²) in [6.07, 6.45) is 2.70. The van der Waals surface area contributed by atoms with Gasteiger partial charge in [-0.15, -0.1) is 0 Å². The van der Waals surface area contributed by atoms with Gasteiger partial charge < -0.3 is 15.2 Å². The summed E-state index contributed by atoms with van der Waals surface area (Å²) >= 11 is 0. The van der Waals surface area contributed by atoms with E-state index in [1.807, 2.05) is 0 Å². The maximum Gasteiger partial charge on any atom is 0.353 e. The molecule has 6 heteroatoms. The molecule has 2 rings (SSSR count). The lowest BCUT2D eigenvalue weighted by molar-refractivity contribution is -0.148. The highest BCUT2D eigenvalue weighted by molar-refractivity contribution is 5.85. The first-order valence-electron chi connectivity index (χ1n) is 8.01. The van der Waals surface area contributed by atoms with Crippen LogP contribution in [-0.2, 0) is 10.7 Å². The van der Waals surface area contributed by atoms with Crippen molar-refractivity contribution in [3.05, 3.63) is 29.8 Å². The van der Waals surface area contributed by atoms with Crippen LogP contribution in [0, 0.1) is 5.92 Å². The molecule has 0 bridgehead atoms. The molecule has 1 aromatic carbocycles. The summed E-state index contributed by atoms with van der Waals surface area (Å²) in [6.45, 7) is 2.06. The molecule has 0 aliphatic heterocycles. The molecule has 1 fully saturated rings. The van der Waals surface area contributed by atoms with Crippen LogP contribution in [0.2, 0.25) is 0 Å². The summed E-state index contributed by atoms with van der Waals surface area (Å²) in [5.74, 6) is -4.70. The maximum absolute atomic E-state index is 14.5. The molecular weight excluding hydrogens is 304 g/mol. The highest BCUT2D eigenvalue weighted by Crippen LogP contribution is 2.36. The predicted molar refractivity (Wildman–Crippen MR) is 82.5 cm³/mol. The number of ether oxygens (including phenoxy) is 1. The van der Waals surface area contributed by atoms with Crippen LogP contribution in [0.3, 0.4) is 0 Å². The zero-order chi connectivity index (χ0) is 16.9. The summed E-state index contributed by atoms with van der Waals surface area (Å²) in [4.78, 5) is 12.1. The van der Waals surface area contributed by atoms with Crippen LogP contribution < -0.4 is 10.1 Å². The lowest BCUT2D eigenvalue weighted by atomic mass is 9.86. The summed E-state index contributed by atoms with van der Waals surface area (Å²) in [7, 11) is 0. The fourth-order valence-electron chi connectivity index (χ4n) is 2.90. The van der Waals surface area contributed by atoms with Crippen molar-refractivity contribution in [2.24, 2.45) is 5.92 Å². The van der Waals surface area contributed by atoms with E-state index < -0.39 is 17.4 Å². The topological polar surface area (TPSA) is 58.6 Å². The Kier molecular flexibility index (Phi) is 5.93. The van der Waals surface area contributed by atoms with Crippen molar-refractivity contribution < 1.29 is 23.4 Å². The number of aliphatic hydroxyl groups excluding tert-OH is 1. The van der Waals surface area contributed by atoms with Crippen LogP contribution in [0.25, 0.3) is 0 Å². The van der Waals surface area contributed by atoms with Gasteiger partial charge in [0, 0.05) is 12.6 Å². The van der Waals surface area contributed by atoms with Crippen LogP contribution in [0.4, 0.5) is 8.78 Å². The van der Waals surface area contributed by atoms with Crippen molar-refractivity contribution >= 4 is 5.91 Å². The second-order valence-corrected chi connectivity index (χ2v) is 5.88. The minimum atomic E-state index is -3.64. The van der Waals surface area contributed by atoms with Crippen LogP contribution in [0.1, 0.15) is 38.2 Å². The van der Waals surface area contributed by atoms with Gasteiger partial charge in [0.1, 0.15) is 5.75 Å². The number of hydrogen-bond acceptors (Lipinski definition) is 3. The number of nitrogens with one attached hydrogen (secondary N) is 1. The number of benzene rings is 1. The molecule has 0 heterocycles. The van der Waals surface area contributed by atoms with Gasteiger partial charge >= 0.3 is 5.92 Å². The smallest absolute Gasteiger partial charge is 0.353 e. The zero-order valence-electron chi connectivity index (χ0n) is 13.2. The van der Waals surface area contributed by atoms with Gasteiger partial charge in [-0.1, -0.05) is 12.1 Å². The Balaban J connectivity index is 2.06. The molecule has 1 aromatic rings. The van der Waals surface area contributed by atoms with Crippen LogP contribution in [0.5, 0.6) is 5.75 Å². The van der Waals surface area contributed by atoms with E-state index in [-0.39, 0.29) is 30.9 Å². The molecule has 1 amide bonds. The summed E-state index contributed by atoms with van der Waals surface area (Å²) < 4.78 is 34.2. The molecule has 23 heavy (non-hydrogen) atoms. The number of hydrogen-bond donors (Lipinski definition) is 2. The lowest BCUT2D eigenvalue weighted by Crippen LogP contribution is -2.45. The Hall–Kier alpha value is -1.69. The normalized spacial score (nSPS) is 21.7. The molecule has 0 atom stereocenters. The van der Waals surface area contributed by atoms with E-state index in [0.717, 1.165) is 12.8 Å². The van der Waals surface area contributed by atoms with Crippen LogP contribution in [-0.4, -0.2) is 30.3 Å². The largest absolute Gasteiger partial charge is 0.493 e. The van der Waals surface area contributed by atoms with Crippen molar-refractivity contribution in [3.8, 4) is 5.75 Å². The number of carbonyl (C=O) groups is 1. The van der Waals surface area contributed by atoms with Gasteiger partial charge in [0.05, 0.1) is 12.2 Å². The van der Waals surface area contributed by atoms with E-state index in [4.69, 9.17) is 9.84 Å². The number of alkyl halides is 2. The van der Waals surface area contributed by atoms with Gasteiger partial charge in [-0.05, 0) is 50.7 Å². The average Bonchev–Trinajstić information content (AvgIpc) is 2.56. The first kappa shape index (κ1) is 17.7. The minimum absolute atomic E-state index is 0.0270. The Morgan fingerprint density at radius 1 is 1.30 bits per heavy atom. The SMILES string of the molecule is CCOc1ccccc1C(F)(F)C(=O)NC1CCC(CO)CC1. The van der Waals surface area contributed by atoms with Crippen molar-refractivity contribution in [2.45, 2.75) is 44.6 Å². The van der Waals surface area contributed by atoms with Gasteiger partial charge in [-0.25, -0.2) is 0 Å². The first-order valence-corrected chi connectivity index (χ1v) is 8.01. The quantitative estimate of drug-likeness (QED) is 0.845. The molecule has 0 radical (unpaired) electrons. The summed E-state index contributed by atoms with van der Waals surface area (Å²) in [6, 6.07) is 5.44. The molecule has 0 aromatic heterocycles. The average molecular weight is 327 g/mol. The first-order chi connectivity index (χ1) is 11.0.